The van der Waals surface area contributed by atoms with Crippen LogP contribution in [0.1, 0.15) is 26.0 Å². The summed E-state index contributed by atoms with van der Waals surface area (Å²) in [5, 5.41) is 7.79. The molecular weight excluding hydrogens is 252 g/mol. The Balaban J connectivity index is 1.82. The van der Waals surface area contributed by atoms with E-state index in [1.165, 1.54) is 12.1 Å². The van der Waals surface area contributed by atoms with Crippen LogP contribution in [-0.2, 0) is 18.3 Å². The second kappa shape index (κ2) is 7.76. The average molecular weight is 280 g/mol. The Morgan fingerprint density at radius 3 is 2.70 bits per heavy atom. The molecule has 1 saturated heterocycles. The zero-order valence-corrected chi connectivity index (χ0v) is 13.0. The summed E-state index contributed by atoms with van der Waals surface area (Å²) in [4.78, 5) is 2.57. The van der Waals surface area contributed by atoms with E-state index in [2.05, 4.69) is 35.2 Å². The summed E-state index contributed by atoms with van der Waals surface area (Å²) in [5.74, 6) is 0.723. The van der Waals surface area contributed by atoms with E-state index in [1.54, 1.807) is 0 Å². The number of ether oxygens (including phenoxy) is 1. The maximum absolute atomic E-state index is 5.46. The van der Waals surface area contributed by atoms with E-state index in [0.29, 0.717) is 6.04 Å². The monoisotopic (exact) mass is 280 g/mol. The van der Waals surface area contributed by atoms with Gasteiger partial charge in [0.1, 0.15) is 0 Å². The topological polar surface area (TPSA) is 42.3 Å². The highest BCUT2D eigenvalue weighted by Crippen LogP contribution is 2.13. The van der Waals surface area contributed by atoms with Crippen molar-refractivity contribution < 1.29 is 4.74 Å². The van der Waals surface area contributed by atoms with Gasteiger partial charge in [-0.3, -0.25) is 9.58 Å². The van der Waals surface area contributed by atoms with Crippen molar-refractivity contribution in [3.8, 4) is 0 Å². The predicted octanol–water partition coefficient (Wildman–Crippen LogP) is 1.26. The van der Waals surface area contributed by atoms with E-state index in [-0.39, 0.29) is 0 Å². The molecule has 0 radical (unpaired) electrons. The fraction of sp³-hybridized carbons (Fsp3) is 0.800. The van der Waals surface area contributed by atoms with Crippen molar-refractivity contribution in [3.63, 3.8) is 0 Å². The third kappa shape index (κ3) is 4.58. The molecule has 1 aromatic heterocycles. The van der Waals surface area contributed by atoms with Gasteiger partial charge >= 0.3 is 0 Å². The van der Waals surface area contributed by atoms with E-state index >= 15 is 0 Å². The van der Waals surface area contributed by atoms with E-state index in [1.807, 2.05) is 17.9 Å². The van der Waals surface area contributed by atoms with Gasteiger partial charge in [0, 0.05) is 45.5 Å². The summed E-state index contributed by atoms with van der Waals surface area (Å²) in [5.41, 5.74) is 1.23. The maximum Gasteiger partial charge on any atom is 0.0594 e. The minimum atomic E-state index is 0.604. The van der Waals surface area contributed by atoms with Crippen molar-refractivity contribution in [1.29, 1.82) is 0 Å². The summed E-state index contributed by atoms with van der Waals surface area (Å²) >= 11 is 0. The van der Waals surface area contributed by atoms with Crippen LogP contribution in [0.5, 0.6) is 0 Å². The molecule has 1 aromatic rings. The van der Waals surface area contributed by atoms with E-state index in [0.717, 1.165) is 45.3 Å². The molecule has 1 unspecified atom stereocenters. The largest absolute Gasteiger partial charge is 0.379 e. The van der Waals surface area contributed by atoms with E-state index < -0.39 is 0 Å². The lowest BCUT2D eigenvalue weighted by Gasteiger charge is -2.35. The Morgan fingerprint density at radius 2 is 2.10 bits per heavy atom. The molecule has 2 rings (SSSR count). The van der Waals surface area contributed by atoms with Crippen LogP contribution in [0.15, 0.2) is 12.3 Å². The lowest BCUT2D eigenvalue weighted by atomic mass is 10.0. The molecule has 1 N–H and O–H groups in total. The SMILES string of the molecule is CC(C)CC(CNCc1ccnn1C)N1CCOCC1. The number of nitrogens with zero attached hydrogens (tertiary/aromatic N) is 3. The van der Waals surface area contributed by atoms with Crippen molar-refractivity contribution in [1.82, 2.24) is 20.0 Å². The molecular formula is C15H28N4O. The van der Waals surface area contributed by atoms with Crippen LogP contribution in [0.25, 0.3) is 0 Å². The molecule has 1 aliphatic heterocycles. The lowest BCUT2D eigenvalue weighted by Crippen LogP contribution is -2.48. The van der Waals surface area contributed by atoms with E-state index in [4.69, 9.17) is 4.74 Å². The van der Waals surface area contributed by atoms with Gasteiger partial charge in [0.25, 0.3) is 0 Å². The lowest BCUT2D eigenvalue weighted by molar-refractivity contribution is 0.0123. The molecule has 0 aromatic carbocycles. The molecule has 0 spiro atoms. The molecule has 5 heteroatoms. The fourth-order valence-electron chi connectivity index (χ4n) is 2.79. The first-order valence-electron chi connectivity index (χ1n) is 7.66. The molecule has 1 atom stereocenters. The summed E-state index contributed by atoms with van der Waals surface area (Å²) in [6, 6.07) is 2.67. The van der Waals surface area contributed by atoms with Crippen molar-refractivity contribution >= 4 is 0 Å². The Morgan fingerprint density at radius 1 is 1.35 bits per heavy atom. The number of nitrogens with one attached hydrogen (secondary N) is 1. The first-order chi connectivity index (χ1) is 9.66. The summed E-state index contributed by atoms with van der Waals surface area (Å²) in [6.07, 6.45) is 3.09. The number of rotatable bonds is 7. The Labute approximate surface area is 122 Å². The number of aromatic nitrogens is 2. The minimum Gasteiger partial charge on any atom is -0.379 e. The smallest absolute Gasteiger partial charge is 0.0594 e. The standard InChI is InChI=1S/C15H28N4O/c1-13(2)10-15(19-6-8-20-9-7-19)12-16-11-14-4-5-17-18(14)3/h4-5,13,15-16H,6-12H2,1-3H3. The van der Waals surface area contributed by atoms with Gasteiger partial charge in [0.15, 0.2) is 0 Å². The van der Waals surface area contributed by atoms with Crippen molar-refractivity contribution in [2.75, 3.05) is 32.8 Å². The summed E-state index contributed by atoms with van der Waals surface area (Å²) in [7, 11) is 1.99. The highest BCUT2D eigenvalue weighted by molar-refractivity contribution is 4.99. The predicted molar refractivity (Wildman–Crippen MR) is 80.5 cm³/mol. The highest BCUT2D eigenvalue weighted by Gasteiger charge is 2.21. The fourth-order valence-corrected chi connectivity index (χ4v) is 2.79. The van der Waals surface area contributed by atoms with Crippen LogP contribution < -0.4 is 5.32 Å². The molecule has 2 heterocycles. The van der Waals surface area contributed by atoms with Gasteiger partial charge in [-0.15, -0.1) is 0 Å². The van der Waals surface area contributed by atoms with Crippen molar-refractivity contribution in [2.24, 2.45) is 13.0 Å². The molecule has 0 bridgehead atoms. The zero-order valence-electron chi connectivity index (χ0n) is 13.0. The summed E-state index contributed by atoms with van der Waals surface area (Å²) < 4.78 is 7.39. The molecule has 1 aliphatic rings. The van der Waals surface area contributed by atoms with Crippen molar-refractivity contribution in [2.45, 2.75) is 32.9 Å². The van der Waals surface area contributed by atoms with Gasteiger partial charge in [-0.2, -0.15) is 5.10 Å². The molecule has 20 heavy (non-hydrogen) atoms. The maximum atomic E-state index is 5.46. The average Bonchev–Trinajstić information content (AvgIpc) is 2.84. The van der Waals surface area contributed by atoms with E-state index in [9.17, 15) is 0 Å². The second-order valence-electron chi connectivity index (χ2n) is 6.01. The van der Waals surface area contributed by atoms with Gasteiger partial charge in [0.2, 0.25) is 0 Å². The number of hydrogen-bond acceptors (Lipinski definition) is 4. The van der Waals surface area contributed by atoms with Crippen LogP contribution in [0.3, 0.4) is 0 Å². The molecule has 0 saturated carbocycles. The molecule has 0 aliphatic carbocycles. The minimum absolute atomic E-state index is 0.604. The van der Waals surface area contributed by atoms with Crippen molar-refractivity contribution in [3.05, 3.63) is 18.0 Å². The first kappa shape index (κ1) is 15.5. The third-order valence-electron chi connectivity index (χ3n) is 3.91. The summed E-state index contributed by atoms with van der Waals surface area (Å²) in [6.45, 7) is 10.4. The Hall–Kier alpha value is -0.910. The first-order valence-corrected chi connectivity index (χ1v) is 7.66. The Kier molecular flexibility index (Phi) is 6.01. The second-order valence-corrected chi connectivity index (χ2v) is 6.01. The van der Waals surface area contributed by atoms with Gasteiger partial charge in [0.05, 0.1) is 18.9 Å². The zero-order chi connectivity index (χ0) is 14.4. The number of morpholine rings is 1. The number of hydrogen-bond donors (Lipinski definition) is 1. The molecule has 0 amide bonds. The molecule has 1 fully saturated rings. The van der Waals surface area contributed by atoms with Gasteiger partial charge in [-0.25, -0.2) is 0 Å². The number of aryl methyl sites for hydroxylation is 1. The molecule has 114 valence electrons. The normalized spacial score (nSPS) is 18.6. The van der Waals surface area contributed by atoms with Crippen LogP contribution in [0, 0.1) is 5.92 Å². The third-order valence-corrected chi connectivity index (χ3v) is 3.91. The van der Waals surface area contributed by atoms with Gasteiger partial charge in [-0.1, -0.05) is 13.8 Å². The Bertz CT molecular complexity index is 385. The highest BCUT2D eigenvalue weighted by atomic mass is 16.5. The quantitative estimate of drug-likeness (QED) is 0.816. The van der Waals surface area contributed by atoms with Gasteiger partial charge in [-0.05, 0) is 18.4 Å². The van der Waals surface area contributed by atoms with Crippen LogP contribution in [-0.4, -0.2) is 53.6 Å². The van der Waals surface area contributed by atoms with Crippen LogP contribution in [0.4, 0.5) is 0 Å². The van der Waals surface area contributed by atoms with Crippen LogP contribution >= 0.6 is 0 Å². The van der Waals surface area contributed by atoms with Crippen LogP contribution in [0.2, 0.25) is 0 Å². The molecule has 5 nitrogen and oxygen atoms in total. The van der Waals surface area contributed by atoms with Gasteiger partial charge < -0.3 is 10.1 Å².